The lowest BCUT2D eigenvalue weighted by Crippen LogP contribution is -2.11. The monoisotopic (exact) mass is 259 g/mol. The van der Waals surface area contributed by atoms with Crippen molar-refractivity contribution in [2.45, 2.75) is 0 Å². The Hall–Kier alpha value is -2.44. The fourth-order valence-corrected chi connectivity index (χ4v) is 1.29. The predicted molar refractivity (Wildman–Crippen MR) is 68.6 cm³/mol. The number of hydrogen-bond donors (Lipinski definition) is 0. The second-order valence-corrected chi connectivity index (χ2v) is 3.45. The molecule has 97 valence electrons. The fourth-order valence-electron chi connectivity index (χ4n) is 1.29. The van der Waals surface area contributed by atoms with Gasteiger partial charge >= 0.3 is 7.69 Å². The highest BCUT2D eigenvalue weighted by Crippen LogP contribution is 2.18. The van der Waals surface area contributed by atoms with Gasteiger partial charge in [0.25, 0.3) is 0 Å². The van der Waals surface area contributed by atoms with Crippen molar-refractivity contribution in [3.05, 3.63) is 36.9 Å². The van der Waals surface area contributed by atoms with E-state index in [9.17, 15) is 0 Å². The van der Waals surface area contributed by atoms with E-state index in [0.29, 0.717) is 23.0 Å². The number of methoxy groups -OCH3 is 2. The molecule has 19 heavy (non-hydrogen) atoms. The van der Waals surface area contributed by atoms with E-state index in [2.05, 4.69) is 9.97 Å². The van der Waals surface area contributed by atoms with Crippen molar-refractivity contribution >= 4 is 7.69 Å². The number of hydrogen-bond acceptors (Lipinski definition) is 6. The summed E-state index contributed by atoms with van der Waals surface area (Å²) in [6.45, 7) is 0. The summed E-state index contributed by atoms with van der Waals surface area (Å²) in [5.41, 5.74) is 0. The molecular weight excluding hydrogens is 247 g/mol. The van der Waals surface area contributed by atoms with Crippen LogP contribution in [0.25, 0.3) is 0 Å². The van der Waals surface area contributed by atoms with Gasteiger partial charge in [-0.15, -0.1) is 0 Å². The molecule has 1 radical (unpaired) electrons. The summed E-state index contributed by atoms with van der Waals surface area (Å²) in [5.74, 6) is 2.23. The highest BCUT2D eigenvalue weighted by Gasteiger charge is 2.04. The molecule has 7 heteroatoms. The molecule has 0 bridgehead atoms. The fraction of sp³-hybridized carbons (Fsp3) is 0.167. The maximum atomic E-state index is 5.27. The highest BCUT2D eigenvalue weighted by molar-refractivity contribution is 6.20. The maximum Gasteiger partial charge on any atom is 0.658 e. The van der Waals surface area contributed by atoms with Crippen LogP contribution in [0.1, 0.15) is 0 Å². The number of nitrogens with zero attached hydrogens (tertiary/aromatic N) is 2. The van der Waals surface area contributed by atoms with Crippen LogP contribution in [0, 0.1) is 0 Å². The Morgan fingerprint density at radius 3 is 1.58 bits per heavy atom. The Morgan fingerprint density at radius 1 is 0.737 bits per heavy atom. The molecule has 0 aliphatic heterocycles. The summed E-state index contributed by atoms with van der Waals surface area (Å²) in [5, 5.41) is 0. The van der Waals surface area contributed by atoms with Crippen molar-refractivity contribution < 1.29 is 18.8 Å². The molecule has 0 fully saturated rings. The smallest absolute Gasteiger partial charge is 0.525 e. The first-order valence-electron chi connectivity index (χ1n) is 5.45. The summed E-state index contributed by atoms with van der Waals surface area (Å²) in [7, 11) is 4.30. The normalized spacial score (nSPS) is 9.58. The van der Waals surface area contributed by atoms with Gasteiger partial charge < -0.3 is 18.8 Å². The first-order valence-corrected chi connectivity index (χ1v) is 5.45. The van der Waals surface area contributed by atoms with Gasteiger partial charge in [0.15, 0.2) is 0 Å². The molecular formula is C12H12BN2O4. The minimum absolute atomic E-state index is 0.509. The lowest BCUT2D eigenvalue weighted by Gasteiger charge is -2.07. The molecule has 0 atom stereocenters. The summed E-state index contributed by atoms with van der Waals surface area (Å²) in [6.07, 6.45) is 6.26. The first kappa shape index (κ1) is 13.0. The maximum absolute atomic E-state index is 5.27. The van der Waals surface area contributed by atoms with Crippen molar-refractivity contribution in [2.24, 2.45) is 0 Å². The van der Waals surface area contributed by atoms with Gasteiger partial charge in [0, 0.05) is 12.1 Å². The molecule has 2 aromatic heterocycles. The topological polar surface area (TPSA) is 62.7 Å². The molecule has 0 unspecified atom stereocenters. The molecule has 0 saturated carbocycles. The number of pyridine rings is 2. The van der Waals surface area contributed by atoms with E-state index in [1.165, 1.54) is 7.69 Å². The quantitative estimate of drug-likeness (QED) is 0.732. The number of aromatic nitrogens is 2. The van der Waals surface area contributed by atoms with Gasteiger partial charge in [-0.1, -0.05) is 0 Å². The Balaban J connectivity index is 1.88. The Labute approximate surface area is 111 Å². The minimum Gasteiger partial charge on any atom is -0.525 e. The summed E-state index contributed by atoms with van der Waals surface area (Å²) in [6, 6.07) is 3.38. The van der Waals surface area contributed by atoms with Crippen LogP contribution in [-0.2, 0) is 0 Å². The molecule has 0 spiro atoms. The zero-order chi connectivity index (χ0) is 13.5. The van der Waals surface area contributed by atoms with E-state index in [1.54, 1.807) is 51.1 Å². The number of ether oxygens (including phenoxy) is 2. The van der Waals surface area contributed by atoms with Crippen molar-refractivity contribution in [1.29, 1.82) is 0 Å². The van der Waals surface area contributed by atoms with Crippen molar-refractivity contribution in [3.63, 3.8) is 0 Å². The second-order valence-electron chi connectivity index (χ2n) is 3.45. The molecule has 6 nitrogen and oxygen atoms in total. The Bertz CT molecular complexity index is 491. The Kier molecular flexibility index (Phi) is 4.44. The van der Waals surface area contributed by atoms with Gasteiger partial charge in [-0.25, -0.2) is 0 Å². The average Bonchev–Trinajstić information content (AvgIpc) is 2.48. The van der Waals surface area contributed by atoms with Crippen LogP contribution in [0.2, 0.25) is 0 Å². The van der Waals surface area contributed by atoms with Crippen LogP contribution in [0.15, 0.2) is 36.9 Å². The third-order valence-electron chi connectivity index (χ3n) is 2.22. The zero-order valence-electron chi connectivity index (χ0n) is 10.6. The second kappa shape index (κ2) is 6.48. The van der Waals surface area contributed by atoms with Gasteiger partial charge in [-0.05, 0) is 0 Å². The lowest BCUT2D eigenvalue weighted by molar-refractivity contribution is 0.403. The van der Waals surface area contributed by atoms with Crippen LogP contribution >= 0.6 is 0 Å². The van der Waals surface area contributed by atoms with Crippen LogP contribution in [-0.4, -0.2) is 31.9 Å². The SMILES string of the molecule is COc1cncc(O[B]Oc2cncc(OC)c2)c1. The van der Waals surface area contributed by atoms with E-state index in [-0.39, 0.29) is 0 Å². The van der Waals surface area contributed by atoms with E-state index in [4.69, 9.17) is 18.8 Å². The van der Waals surface area contributed by atoms with E-state index in [0.717, 1.165) is 0 Å². The summed E-state index contributed by atoms with van der Waals surface area (Å²) >= 11 is 0. The summed E-state index contributed by atoms with van der Waals surface area (Å²) < 4.78 is 20.6. The third kappa shape index (κ3) is 3.77. The minimum atomic E-state index is 0.509. The molecule has 0 saturated heterocycles. The van der Waals surface area contributed by atoms with Crippen molar-refractivity contribution in [3.8, 4) is 23.0 Å². The van der Waals surface area contributed by atoms with Gasteiger partial charge in [0.05, 0.1) is 39.0 Å². The molecule has 2 aromatic rings. The van der Waals surface area contributed by atoms with Gasteiger partial charge in [-0.3, -0.25) is 9.97 Å². The molecule has 0 amide bonds. The molecule has 0 aromatic carbocycles. The van der Waals surface area contributed by atoms with Gasteiger partial charge in [-0.2, -0.15) is 0 Å². The van der Waals surface area contributed by atoms with E-state index < -0.39 is 0 Å². The van der Waals surface area contributed by atoms with Gasteiger partial charge in [0.1, 0.15) is 23.0 Å². The summed E-state index contributed by atoms with van der Waals surface area (Å²) in [4.78, 5) is 7.90. The molecule has 0 N–H and O–H groups in total. The average molecular weight is 259 g/mol. The van der Waals surface area contributed by atoms with E-state index in [1.807, 2.05) is 0 Å². The van der Waals surface area contributed by atoms with Crippen LogP contribution < -0.4 is 18.8 Å². The standard InChI is InChI=1S/C12H12BN2O4/c1-16-9-3-11(7-14-5-9)18-13-19-12-4-10(17-2)6-15-8-12/h3-8H,1-2H3. The van der Waals surface area contributed by atoms with Crippen molar-refractivity contribution in [1.82, 2.24) is 9.97 Å². The lowest BCUT2D eigenvalue weighted by atomic mass is 10.3. The molecule has 0 aliphatic carbocycles. The third-order valence-corrected chi connectivity index (χ3v) is 2.22. The Morgan fingerprint density at radius 2 is 1.16 bits per heavy atom. The zero-order valence-corrected chi connectivity index (χ0v) is 10.6. The number of rotatable bonds is 6. The molecule has 0 aliphatic rings. The molecule has 2 heterocycles. The van der Waals surface area contributed by atoms with E-state index >= 15 is 0 Å². The first-order chi connectivity index (χ1) is 9.31. The predicted octanol–water partition coefficient (Wildman–Crippen LogP) is 1.49. The molecule has 2 rings (SSSR count). The largest absolute Gasteiger partial charge is 0.658 e. The van der Waals surface area contributed by atoms with Crippen LogP contribution in [0.5, 0.6) is 23.0 Å². The highest BCUT2D eigenvalue weighted by atomic mass is 16.6. The van der Waals surface area contributed by atoms with Crippen LogP contribution in [0.4, 0.5) is 0 Å². The van der Waals surface area contributed by atoms with Crippen LogP contribution in [0.3, 0.4) is 0 Å². The van der Waals surface area contributed by atoms with Crippen molar-refractivity contribution in [2.75, 3.05) is 14.2 Å². The van der Waals surface area contributed by atoms with Gasteiger partial charge in [0.2, 0.25) is 0 Å².